The van der Waals surface area contributed by atoms with Crippen molar-refractivity contribution in [3.05, 3.63) is 28.8 Å². The molecule has 1 aromatic rings. The highest BCUT2D eigenvalue weighted by atomic mass is 35.5. The molecular weight excluding hydrogens is 304 g/mol. The predicted molar refractivity (Wildman–Crippen MR) is 74.8 cm³/mol. The SMILES string of the molecule is CCOC(=O)CCS(=O)(=O)Nc1cc(Cl)ccc1C#N. The first-order valence-electron chi connectivity index (χ1n) is 5.73. The smallest absolute Gasteiger partial charge is 0.306 e. The van der Waals surface area contributed by atoms with Gasteiger partial charge >= 0.3 is 5.97 Å². The summed E-state index contributed by atoms with van der Waals surface area (Å²) in [5, 5.41) is 9.19. The highest BCUT2D eigenvalue weighted by molar-refractivity contribution is 7.92. The van der Waals surface area contributed by atoms with Crippen LogP contribution in [0.1, 0.15) is 18.9 Å². The van der Waals surface area contributed by atoms with E-state index in [9.17, 15) is 13.2 Å². The normalized spacial score (nSPS) is 10.7. The molecule has 108 valence electrons. The Hall–Kier alpha value is -1.78. The van der Waals surface area contributed by atoms with Crippen molar-refractivity contribution in [1.29, 1.82) is 5.26 Å². The highest BCUT2D eigenvalue weighted by Gasteiger charge is 2.16. The molecule has 0 saturated carbocycles. The number of carbonyl (C=O) groups excluding carboxylic acids is 1. The quantitative estimate of drug-likeness (QED) is 0.809. The molecule has 1 rings (SSSR count). The van der Waals surface area contributed by atoms with Crippen LogP contribution in [-0.4, -0.2) is 26.7 Å². The van der Waals surface area contributed by atoms with Crippen LogP contribution in [0.15, 0.2) is 18.2 Å². The minimum Gasteiger partial charge on any atom is -0.466 e. The minimum atomic E-state index is -3.76. The summed E-state index contributed by atoms with van der Waals surface area (Å²) >= 11 is 5.75. The van der Waals surface area contributed by atoms with Crippen molar-refractivity contribution in [2.45, 2.75) is 13.3 Å². The Bertz CT molecular complexity index is 637. The van der Waals surface area contributed by atoms with E-state index in [1.54, 1.807) is 6.92 Å². The van der Waals surface area contributed by atoms with Gasteiger partial charge in [0.15, 0.2) is 0 Å². The van der Waals surface area contributed by atoms with Crippen LogP contribution in [0.2, 0.25) is 5.02 Å². The van der Waals surface area contributed by atoms with E-state index in [-0.39, 0.29) is 24.3 Å². The second kappa shape index (κ2) is 7.12. The van der Waals surface area contributed by atoms with Gasteiger partial charge in [-0.05, 0) is 25.1 Å². The molecule has 0 atom stereocenters. The van der Waals surface area contributed by atoms with Gasteiger partial charge in [-0.3, -0.25) is 9.52 Å². The van der Waals surface area contributed by atoms with Crippen LogP contribution in [0.4, 0.5) is 5.69 Å². The Balaban J connectivity index is 2.79. The fourth-order valence-corrected chi connectivity index (χ4v) is 2.58. The number of ether oxygens (including phenoxy) is 1. The number of nitriles is 1. The summed E-state index contributed by atoms with van der Waals surface area (Å²) in [6.45, 7) is 1.83. The molecule has 0 aromatic heterocycles. The lowest BCUT2D eigenvalue weighted by Gasteiger charge is -2.09. The van der Waals surface area contributed by atoms with E-state index in [2.05, 4.69) is 9.46 Å². The van der Waals surface area contributed by atoms with Gasteiger partial charge in [0.25, 0.3) is 0 Å². The molecule has 0 heterocycles. The number of benzene rings is 1. The average Bonchev–Trinajstić information content (AvgIpc) is 2.37. The Morgan fingerprint density at radius 2 is 2.20 bits per heavy atom. The number of hydrogen-bond acceptors (Lipinski definition) is 5. The maximum absolute atomic E-state index is 11.8. The zero-order chi connectivity index (χ0) is 15.2. The number of nitrogens with one attached hydrogen (secondary N) is 1. The fraction of sp³-hybridized carbons (Fsp3) is 0.333. The van der Waals surface area contributed by atoms with Crippen LogP contribution in [-0.2, 0) is 19.6 Å². The molecule has 8 heteroatoms. The van der Waals surface area contributed by atoms with Gasteiger partial charge in [0, 0.05) is 5.02 Å². The number of carbonyl (C=O) groups is 1. The molecule has 0 radical (unpaired) electrons. The molecule has 0 amide bonds. The monoisotopic (exact) mass is 316 g/mol. The third-order valence-corrected chi connectivity index (χ3v) is 3.76. The van der Waals surface area contributed by atoms with Crippen molar-refractivity contribution in [2.75, 3.05) is 17.1 Å². The van der Waals surface area contributed by atoms with E-state index in [0.29, 0.717) is 5.02 Å². The number of halogens is 1. The topological polar surface area (TPSA) is 96.3 Å². The molecule has 0 aliphatic heterocycles. The Kier molecular flexibility index (Phi) is 5.80. The summed E-state index contributed by atoms with van der Waals surface area (Å²) in [5.41, 5.74) is 0.234. The predicted octanol–water partition coefficient (Wildman–Crippen LogP) is 1.91. The number of rotatable bonds is 6. The second-order valence-electron chi connectivity index (χ2n) is 3.78. The largest absolute Gasteiger partial charge is 0.466 e. The van der Waals surface area contributed by atoms with Gasteiger partial charge in [0.2, 0.25) is 10.0 Å². The summed E-state index contributed by atoms with van der Waals surface area (Å²) in [6.07, 6.45) is -0.258. The molecule has 0 bridgehead atoms. The van der Waals surface area contributed by atoms with Crippen LogP contribution in [0, 0.1) is 11.3 Å². The van der Waals surface area contributed by atoms with Crippen molar-refractivity contribution in [3.8, 4) is 6.07 Å². The highest BCUT2D eigenvalue weighted by Crippen LogP contribution is 2.21. The summed E-state index contributed by atoms with van der Waals surface area (Å²) < 4.78 is 30.5. The zero-order valence-corrected chi connectivity index (χ0v) is 12.3. The van der Waals surface area contributed by atoms with Crippen LogP contribution in [0.3, 0.4) is 0 Å². The molecule has 6 nitrogen and oxygen atoms in total. The summed E-state index contributed by atoms with van der Waals surface area (Å²) in [5.74, 6) is -1.02. The minimum absolute atomic E-state index is 0.0869. The van der Waals surface area contributed by atoms with Gasteiger partial charge in [-0.15, -0.1) is 0 Å². The van der Waals surface area contributed by atoms with Crippen molar-refractivity contribution >= 4 is 33.3 Å². The van der Waals surface area contributed by atoms with Crippen LogP contribution in [0.25, 0.3) is 0 Å². The van der Waals surface area contributed by atoms with Gasteiger partial charge in [-0.2, -0.15) is 5.26 Å². The number of nitrogens with zero attached hydrogens (tertiary/aromatic N) is 1. The molecule has 0 aliphatic carbocycles. The van der Waals surface area contributed by atoms with Crippen molar-refractivity contribution in [3.63, 3.8) is 0 Å². The van der Waals surface area contributed by atoms with Gasteiger partial charge in [0.05, 0.1) is 30.0 Å². The zero-order valence-electron chi connectivity index (χ0n) is 10.7. The van der Waals surface area contributed by atoms with E-state index in [4.69, 9.17) is 16.9 Å². The summed E-state index contributed by atoms with van der Waals surface area (Å²) in [7, 11) is -3.76. The fourth-order valence-electron chi connectivity index (χ4n) is 1.37. The lowest BCUT2D eigenvalue weighted by atomic mass is 10.2. The number of sulfonamides is 1. The Morgan fingerprint density at radius 3 is 2.80 bits per heavy atom. The lowest BCUT2D eigenvalue weighted by molar-refractivity contribution is -0.142. The summed E-state index contributed by atoms with van der Waals surface area (Å²) in [4.78, 5) is 11.1. The second-order valence-corrected chi connectivity index (χ2v) is 6.06. The van der Waals surface area contributed by atoms with Crippen LogP contribution >= 0.6 is 11.6 Å². The van der Waals surface area contributed by atoms with Crippen molar-refractivity contribution in [2.24, 2.45) is 0 Å². The van der Waals surface area contributed by atoms with E-state index < -0.39 is 21.7 Å². The van der Waals surface area contributed by atoms with Gasteiger partial charge in [-0.25, -0.2) is 8.42 Å². The van der Waals surface area contributed by atoms with E-state index in [1.807, 2.05) is 6.07 Å². The molecule has 0 spiro atoms. The van der Waals surface area contributed by atoms with Gasteiger partial charge in [-0.1, -0.05) is 11.6 Å². The third-order valence-electron chi connectivity index (χ3n) is 2.25. The number of esters is 1. The van der Waals surface area contributed by atoms with Gasteiger partial charge < -0.3 is 4.74 Å². The lowest BCUT2D eigenvalue weighted by Crippen LogP contribution is -2.20. The third kappa shape index (κ3) is 5.07. The van der Waals surface area contributed by atoms with E-state index >= 15 is 0 Å². The first-order chi connectivity index (χ1) is 9.38. The van der Waals surface area contributed by atoms with E-state index in [1.165, 1.54) is 18.2 Å². The molecular formula is C12H13ClN2O4S. The molecule has 0 saturated heterocycles. The van der Waals surface area contributed by atoms with Crippen LogP contribution < -0.4 is 4.72 Å². The average molecular weight is 317 g/mol. The molecule has 0 fully saturated rings. The maximum Gasteiger partial charge on any atom is 0.306 e. The summed E-state index contributed by atoms with van der Waals surface area (Å²) in [6, 6.07) is 6.08. The number of anilines is 1. The van der Waals surface area contributed by atoms with Crippen molar-refractivity contribution < 1.29 is 17.9 Å². The molecule has 0 unspecified atom stereocenters. The number of hydrogen-bond donors (Lipinski definition) is 1. The molecule has 1 N–H and O–H groups in total. The molecule has 1 aromatic carbocycles. The molecule has 20 heavy (non-hydrogen) atoms. The van der Waals surface area contributed by atoms with Crippen LogP contribution in [0.5, 0.6) is 0 Å². The first kappa shape index (κ1) is 16.3. The van der Waals surface area contributed by atoms with Crippen molar-refractivity contribution in [1.82, 2.24) is 0 Å². The van der Waals surface area contributed by atoms with E-state index in [0.717, 1.165) is 0 Å². The standard InChI is InChI=1S/C12H13ClN2O4S/c1-2-19-12(16)5-6-20(17,18)15-11-7-10(13)4-3-9(11)8-14/h3-4,7,15H,2,5-6H2,1H3. The molecule has 0 aliphatic rings. The maximum atomic E-state index is 11.8. The Morgan fingerprint density at radius 1 is 1.50 bits per heavy atom. The Labute approximate surface area is 122 Å². The van der Waals surface area contributed by atoms with Gasteiger partial charge in [0.1, 0.15) is 6.07 Å². The first-order valence-corrected chi connectivity index (χ1v) is 7.76.